The molecule has 0 spiro atoms. The second-order valence-corrected chi connectivity index (χ2v) is 18.6. The van der Waals surface area contributed by atoms with Crippen LogP contribution in [0.2, 0.25) is 0 Å². The van der Waals surface area contributed by atoms with E-state index in [2.05, 4.69) is 112 Å². The van der Waals surface area contributed by atoms with Crippen molar-refractivity contribution >= 4 is 90.4 Å². The van der Waals surface area contributed by atoms with Gasteiger partial charge in [0.1, 0.15) is 23.0 Å². The van der Waals surface area contributed by atoms with Gasteiger partial charge in [-0.3, -0.25) is 0 Å². The van der Waals surface area contributed by atoms with Gasteiger partial charge in [-0.05, 0) is 189 Å². The van der Waals surface area contributed by atoms with E-state index in [9.17, 15) is 20.4 Å². The van der Waals surface area contributed by atoms with E-state index in [1.165, 1.54) is 25.7 Å². The van der Waals surface area contributed by atoms with Crippen molar-refractivity contribution in [1.82, 2.24) is 21.3 Å². The molecule has 284 valence electrons. The number of halogens is 4. The number of benzene rings is 4. The van der Waals surface area contributed by atoms with E-state index in [4.69, 9.17) is 0 Å². The first kappa shape index (κ1) is 45.3. The zero-order chi connectivity index (χ0) is 37.0. The Labute approximate surface area is 383 Å². The van der Waals surface area contributed by atoms with Crippen LogP contribution in [0.25, 0.3) is 0 Å². The van der Waals surface area contributed by atoms with E-state index in [1.54, 1.807) is 24.3 Å². The number of phenols is 4. The first-order valence-corrected chi connectivity index (χ1v) is 22.2. The Morgan fingerprint density at radius 1 is 0.396 bits per heavy atom. The number of rotatable bonds is 12. The van der Waals surface area contributed by atoms with Gasteiger partial charge in [0.05, 0.1) is 0 Å². The Morgan fingerprint density at radius 2 is 0.604 bits per heavy atom. The summed E-state index contributed by atoms with van der Waals surface area (Å²) in [6.07, 6.45) is 9.40. The van der Waals surface area contributed by atoms with Gasteiger partial charge in [0.2, 0.25) is 0 Å². The van der Waals surface area contributed by atoms with Crippen molar-refractivity contribution in [2.45, 2.75) is 102 Å². The Hall–Kier alpha value is -0.446. The number of aromatic hydroxyl groups is 4. The largest absolute Gasteiger partial charge is 0.508 e. The number of phenolic OH excluding ortho intramolecular Hbond substituents is 4. The molecule has 4 aromatic carbocycles. The van der Waals surface area contributed by atoms with Gasteiger partial charge in [-0.2, -0.15) is 0 Å². The van der Waals surface area contributed by atoms with Crippen LogP contribution in [-0.4, -0.2) is 44.6 Å². The molecule has 0 radical (unpaired) electrons. The summed E-state index contributed by atoms with van der Waals surface area (Å²) < 4.78 is 4.52. The standard InChI is InChI=1S/2C20H24I2N2O2.Ti/c2*21-15-5-7-19(25)13(9-15)11-23-17-3-1-2-4-18(17)24-12-14-10-16(22)6-8-20(14)26;/h2*5-10,17-18,23-26H,1-4,11-12H2;/t2*17-,18-;/m11./s1. The third-order valence-corrected chi connectivity index (χ3v) is 12.6. The van der Waals surface area contributed by atoms with E-state index < -0.39 is 0 Å². The van der Waals surface area contributed by atoms with Crippen LogP contribution in [0.5, 0.6) is 23.0 Å². The molecule has 0 unspecified atom stereocenters. The molecule has 2 aliphatic rings. The summed E-state index contributed by atoms with van der Waals surface area (Å²) in [5.41, 5.74) is 3.76. The monoisotopic (exact) mass is 1200 g/mol. The van der Waals surface area contributed by atoms with Crippen LogP contribution in [0, 0.1) is 14.3 Å². The summed E-state index contributed by atoms with van der Waals surface area (Å²) in [5.74, 6) is 1.40. The Balaban J connectivity index is 0.000000232. The van der Waals surface area contributed by atoms with Crippen LogP contribution in [0.15, 0.2) is 72.8 Å². The molecule has 53 heavy (non-hydrogen) atoms. The Morgan fingerprint density at radius 3 is 0.811 bits per heavy atom. The summed E-state index contributed by atoms with van der Waals surface area (Å²) in [4.78, 5) is 0. The molecule has 0 heterocycles. The number of nitrogens with one attached hydrogen (secondary N) is 4. The van der Waals surface area contributed by atoms with E-state index in [0.717, 1.165) is 62.2 Å². The third-order valence-electron chi connectivity index (χ3n) is 9.92. The molecule has 2 saturated carbocycles. The zero-order valence-electron chi connectivity index (χ0n) is 29.5. The third kappa shape index (κ3) is 14.5. The van der Waals surface area contributed by atoms with Gasteiger partial charge in [0, 0.05) is 109 Å². The quantitative estimate of drug-likeness (QED) is 0.0522. The topological polar surface area (TPSA) is 129 Å². The second kappa shape index (κ2) is 23.1. The number of hydrogen-bond donors (Lipinski definition) is 8. The molecule has 0 aromatic heterocycles. The molecule has 13 heteroatoms. The predicted octanol–water partition coefficient (Wildman–Crippen LogP) is 8.99. The molecular formula is C40H48I4N4O4Ti. The Kier molecular flexibility index (Phi) is 19.7. The van der Waals surface area contributed by atoms with Gasteiger partial charge >= 0.3 is 0 Å². The van der Waals surface area contributed by atoms with Crippen molar-refractivity contribution in [3.05, 3.63) is 109 Å². The fourth-order valence-electron chi connectivity index (χ4n) is 6.99. The number of hydrogen-bond acceptors (Lipinski definition) is 8. The fourth-order valence-corrected chi connectivity index (χ4v) is 9.21. The molecule has 4 atom stereocenters. The van der Waals surface area contributed by atoms with Gasteiger partial charge in [0.15, 0.2) is 0 Å². The van der Waals surface area contributed by atoms with E-state index >= 15 is 0 Å². The molecule has 4 aromatic rings. The van der Waals surface area contributed by atoms with Gasteiger partial charge < -0.3 is 41.7 Å². The first-order valence-electron chi connectivity index (χ1n) is 17.9. The van der Waals surface area contributed by atoms with Gasteiger partial charge in [-0.1, -0.05) is 25.7 Å². The van der Waals surface area contributed by atoms with Gasteiger partial charge in [-0.15, -0.1) is 0 Å². The molecule has 0 aliphatic heterocycles. The van der Waals surface area contributed by atoms with E-state index in [1.807, 2.05) is 48.5 Å². The van der Waals surface area contributed by atoms with E-state index in [-0.39, 0.29) is 21.7 Å². The first-order chi connectivity index (χ1) is 25.0. The molecular weight excluding hydrogens is 1160 g/mol. The maximum absolute atomic E-state index is 10.1. The van der Waals surface area contributed by atoms with E-state index in [0.29, 0.717) is 73.3 Å². The van der Waals surface area contributed by atoms with Crippen LogP contribution in [0.4, 0.5) is 0 Å². The summed E-state index contributed by atoms with van der Waals surface area (Å²) in [7, 11) is 0. The molecule has 0 amide bonds. The van der Waals surface area contributed by atoms with Crippen LogP contribution in [-0.2, 0) is 47.9 Å². The molecule has 2 fully saturated rings. The predicted molar refractivity (Wildman–Crippen MR) is 243 cm³/mol. The normalized spacial score (nSPS) is 19.8. The SMILES string of the molecule is Oc1ccc(I)cc1CN[C@@H]1CCCC[C@H]1NCc1cc(I)ccc1O.Oc1ccc(I)cc1CN[C@@H]1CCCC[C@H]1NCc1cc(I)ccc1O.[Ti]. The summed E-state index contributed by atoms with van der Waals surface area (Å²) >= 11 is 9.08. The summed E-state index contributed by atoms with van der Waals surface area (Å²) in [6.45, 7) is 2.67. The van der Waals surface area contributed by atoms with Crippen molar-refractivity contribution in [2.75, 3.05) is 0 Å². The minimum absolute atomic E-state index is 0. The maximum atomic E-state index is 10.1. The molecule has 2 aliphatic carbocycles. The fraction of sp³-hybridized carbons (Fsp3) is 0.400. The van der Waals surface area contributed by atoms with Gasteiger partial charge in [0.25, 0.3) is 0 Å². The van der Waals surface area contributed by atoms with Crippen LogP contribution in [0.1, 0.15) is 73.6 Å². The van der Waals surface area contributed by atoms with Crippen molar-refractivity contribution in [3.63, 3.8) is 0 Å². The van der Waals surface area contributed by atoms with Crippen molar-refractivity contribution in [1.29, 1.82) is 0 Å². The van der Waals surface area contributed by atoms with Crippen molar-refractivity contribution in [3.8, 4) is 23.0 Å². The summed E-state index contributed by atoms with van der Waals surface area (Å²) in [5, 5.41) is 54.7. The van der Waals surface area contributed by atoms with Gasteiger partial charge in [-0.25, -0.2) is 0 Å². The minimum atomic E-state index is 0. The zero-order valence-corrected chi connectivity index (χ0v) is 39.7. The van der Waals surface area contributed by atoms with Crippen molar-refractivity contribution in [2.24, 2.45) is 0 Å². The molecule has 0 bridgehead atoms. The minimum Gasteiger partial charge on any atom is -0.508 e. The molecule has 8 N–H and O–H groups in total. The average molecular weight is 1200 g/mol. The van der Waals surface area contributed by atoms with Crippen molar-refractivity contribution < 1.29 is 42.1 Å². The van der Waals surface area contributed by atoms with Crippen LogP contribution >= 0.6 is 90.4 Å². The Bertz CT molecular complexity index is 1520. The maximum Gasteiger partial charge on any atom is 0.120 e. The molecule has 0 saturated heterocycles. The average Bonchev–Trinajstić information content (AvgIpc) is 3.14. The smallest absolute Gasteiger partial charge is 0.120 e. The second-order valence-electron chi connectivity index (χ2n) is 13.6. The summed E-state index contributed by atoms with van der Waals surface area (Å²) in [6, 6.07) is 24.3. The molecule has 8 nitrogen and oxygen atoms in total. The molecule has 6 rings (SSSR count). The van der Waals surface area contributed by atoms with Crippen LogP contribution in [0.3, 0.4) is 0 Å². The van der Waals surface area contributed by atoms with Crippen LogP contribution < -0.4 is 21.3 Å².